The first-order valence-electron chi connectivity index (χ1n) is 9.28. The topological polar surface area (TPSA) is 86.9 Å². The Kier molecular flexibility index (Phi) is 6.11. The van der Waals surface area contributed by atoms with Gasteiger partial charge in [-0.15, -0.1) is 0 Å². The normalized spacial score (nSPS) is 12.6. The van der Waals surface area contributed by atoms with Crippen LogP contribution in [-0.4, -0.2) is 53.3 Å². The smallest absolute Gasteiger partial charge is 0.268 e. The van der Waals surface area contributed by atoms with Gasteiger partial charge in [0.05, 0.1) is 12.0 Å². The van der Waals surface area contributed by atoms with Crippen LogP contribution < -0.4 is 10.9 Å². The summed E-state index contributed by atoms with van der Waals surface area (Å²) in [5, 5.41) is 3.33. The van der Waals surface area contributed by atoms with Gasteiger partial charge in [0.1, 0.15) is 17.0 Å². The molecule has 0 bridgehead atoms. The van der Waals surface area contributed by atoms with Crippen LogP contribution in [0.3, 0.4) is 0 Å². The SMILES string of the molecule is COCCCn1c(C(=O)NC(C)COC)cc2c(=O)n3cccc(C)c3nc21. The summed E-state index contributed by atoms with van der Waals surface area (Å²) in [6, 6.07) is 5.19. The van der Waals surface area contributed by atoms with Crippen molar-refractivity contribution in [1.29, 1.82) is 0 Å². The van der Waals surface area contributed by atoms with Crippen LogP contribution in [0.5, 0.6) is 0 Å². The highest BCUT2D eigenvalue weighted by atomic mass is 16.5. The standard InChI is InChI=1S/C20H26N4O4/c1-13-7-5-8-24-17(13)22-18-15(20(24)26)11-16(23(18)9-6-10-27-3)19(25)21-14(2)12-28-4/h5,7-8,11,14H,6,9-10,12H2,1-4H3,(H,21,25). The lowest BCUT2D eigenvalue weighted by molar-refractivity contribution is 0.0895. The average molecular weight is 386 g/mol. The summed E-state index contributed by atoms with van der Waals surface area (Å²) in [5.41, 5.74) is 2.22. The largest absolute Gasteiger partial charge is 0.385 e. The number of nitrogens with one attached hydrogen (secondary N) is 1. The molecule has 0 aliphatic rings. The molecule has 0 aliphatic heterocycles. The molecule has 0 fully saturated rings. The van der Waals surface area contributed by atoms with E-state index in [1.165, 1.54) is 4.40 Å². The number of hydrogen-bond acceptors (Lipinski definition) is 5. The second kappa shape index (κ2) is 8.53. The molecule has 1 amide bonds. The van der Waals surface area contributed by atoms with Crippen LogP contribution in [0.15, 0.2) is 29.2 Å². The molecule has 28 heavy (non-hydrogen) atoms. The quantitative estimate of drug-likeness (QED) is 0.596. The first kappa shape index (κ1) is 20.0. The van der Waals surface area contributed by atoms with Crippen LogP contribution >= 0.6 is 0 Å². The van der Waals surface area contributed by atoms with Crippen LogP contribution in [-0.2, 0) is 16.0 Å². The van der Waals surface area contributed by atoms with Gasteiger partial charge in [-0.1, -0.05) is 6.07 Å². The molecular formula is C20H26N4O4. The molecule has 8 nitrogen and oxygen atoms in total. The van der Waals surface area contributed by atoms with Gasteiger partial charge in [0.25, 0.3) is 11.5 Å². The van der Waals surface area contributed by atoms with E-state index in [1.54, 1.807) is 31.0 Å². The van der Waals surface area contributed by atoms with E-state index in [4.69, 9.17) is 14.5 Å². The third kappa shape index (κ3) is 3.79. The number of pyridine rings is 1. The number of methoxy groups -OCH3 is 2. The predicted molar refractivity (Wildman–Crippen MR) is 107 cm³/mol. The summed E-state index contributed by atoms with van der Waals surface area (Å²) in [6.45, 7) is 5.25. The fourth-order valence-electron chi connectivity index (χ4n) is 3.33. The molecule has 3 rings (SSSR count). The highest BCUT2D eigenvalue weighted by molar-refractivity contribution is 5.98. The van der Waals surface area contributed by atoms with E-state index in [2.05, 4.69) is 5.32 Å². The first-order valence-corrected chi connectivity index (χ1v) is 9.28. The molecule has 3 aromatic heterocycles. The predicted octanol–water partition coefficient (Wildman–Crippen LogP) is 1.76. The summed E-state index contributed by atoms with van der Waals surface area (Å²) in [4.78, 5) is 30.6. The van der Waals surface area contributed by atoms with Crippen LogP contribution in [0.2, 0.25) is 0 Å². The molecule has 3 heterocycles. The maximum Gasteiger partial charge on any atom is 0.268 e. The maximum atomic E-state index is 13.0. The van der Waals surface area contributed by atoms with Crippen LogP contribution in [0.25, 0.3) is 16.7 Å². The van der Waals surface area contributed by atoms with Crippen molar-refractivity contribution in [3.63, 3.8) is 0 Å². The Bertz CT molecular complexity index is 1050. The highest BCUT2D eigenvalue weighted by Gasteiger charge is 2.21. The van der Waals surface area contributed by atoms with Crippen molar-refractivity contribution in [3.05, 3.63) is 46.0 Å². The monoisotopic (exact) mass is 386 g/mol. The molecule has 8 heteroatoms. The fourth-order valence-corrected chi connectivity index (χ4v) is 3.33. The van der Waals surface area contributed by atoms with E-state index in [0.29, 0.717) is 48.6 Å². The Morgan fingerprint density at radius 1 is 1.29 bits per heavy atom. The molecule has 0 aliphatic carbocycles. The third-order valence-electron chi connectivity index (χ3n) is 4.65. The molecule has 1 unspecified atom stereocenters. The number of fused-ring (bicyclic) bond motifs is 2. The van der Waals surface area contributed by atoms with Gasteiger partial charge in [-0.05, 0) is 38.0 Å². The Morgan fingerprint density at radius 2 is 2.07 bits per heavy atom. The lowest BCUT2D eigenvalue weighted by atomic mass is 10.2. The minimum absolute atomic E-state index is 0.154. The summed E-state index contributed by atoms with van der Waals surface area (Å²) < 4.78 is 13.6. The van der Waals surface area contributed by atoms with Crippen molar-refractivity contribution in [2.24, 2.45) is 0 Å². The minimum Gasteiger partial charge on any atom is -0.385 e. The third-order valence-corrected chi connectivity index (χ3v) is 4.65. The van der Waals surface area contributed by atoms with Gasteiger partial charge < -0.3 is 19.4 Å². The van der Waals surface area contributed by atoms with Crippen molar-refractivity contribution in [2.45, 2.75) is 32.9 Å². The Balaban J connectivity index is 2.16. The van der Waals surface area contributed by atoms with Crippen LogP contribution in [0.1, 0.15) is 29.4 Å². The lowest BCUT2D eigenvalue weighted by Gasteiger charge is -2.14. The number of rotatable bonds is 8. The number of nitrogens with zero attached hydrogens (tertiary/aromatic N) is 3. The van der Waals surface area contributed by atoms with Crippen molar-refractivity contribution in [2.75, 3.05) is 27.4 Å². The van der Waals surface area contributed by atoms with Gasteiger partial charge >= 0.3 is 0 Å². The van der Waals surface area contributed by atoms with E-state index >= 15 is 0 Å². The van der Waals surface area contributed by atoms with Gasteiger partial charge in [0, 0.05) is 39.6 Å². The lowest BCUT2D eigenvalue weighted by Crippen LogP contribution is -2.36. The number of ether oxygens (including phenoxy) is 2. The van der Waals surface area contributed by atoms with Crippen molar-refractivity contribution < 1.29 is 14.3 Å². The maximum absolute atomic E-state index is 13.0. The second-order valence-electron chi connectivity index (χ2n) is 6.90. The van der Waals surface area contributed by atoms with E-state index in [9.17, 15) is 9.59 Å². The number of hydrogen-bond donors (Lipinski definition) is 1. The zero-order chi connectivity index (χ0) is 20.3. The number of carbonyl (C=O) groups excluding carboxylic acids is 1. The molecule has 0 saturated carbocycles. The number of aryl methyl sites for hydroxylation is 2. The Hall–Kier alpha value is -2.71. The zero-order valence-electron chi connectivity index (χ0n) is 16.7. The molecule has 1 atom stereocenters. The second-order valence-corrected chi connectivity index (χ2v) is 6.90. The van der Waals surface area contributed by atoms with E-state index in [-0.39, 0.29) is 17.5 Å². The zero-order valence-corrected chi connectivity index (χ0v) is 16.7. The van der Waals surface area contributed by atoms with E-state index in [0.717, 1.165) is 5.56 Å². The summed E-state index contributed by atoms with van der Waals surface area (Å²) >= 11 is 0. The minimum atomic E-state index is -0.259. The molecule has 0 spiro atoms. The Labute approximate surface area is 163 Å². The molecule has 0 saturated heterocycles. The van der Waals surface area contributed by atoms with E-state index < -0.39 is 0 Å². The number of aromatic nitrogens is 3. The Morgan fingerprint density at radius 3 is 2.79 bits per heavy atom. The molecule has 3 aromatic rings. The summed E-state index contributed by atoms with van der Waals surface area (Å²) in [7, 11) is 3.22. The number of amides is 1. The van der Waals surface area contributed by atoms with Crippen LogP contribution in [0.4, 0.5) is 0 Å². The van der Waals surface area contributed by atoms with Gasteiger partial charge in [0.15, 0.2) is 0 Å². The summed E-state index contributed by atoms with van der Waals surface area (Å²) in [5.74, 6) is -0.259. The van der Waals surface area contributed by atoms with Crippen LogP contribution in [0, 0.1) is 6.92 Å². The number of carbonyl (C=O) groups is 1. The molecule has 0 aromatic carbocycles. The van der Waals surface area contributed by atoms with Crippen molar-refractivity contribution in [1.82, 2.24) is 19.3 Å². The van der Waals surface area contributed by atoms with Gasteiger partial charge in [-0.3, -0.25) is 14.0 Å². The average Bonchev–Trinajstić information content (AvgIpc) is 3.02. The van der Waals surface area contributed by atoms with Gasteiger partial charge in [-0.2, -0.15) is 0 Å². The highest BCUT2D eigenvalue weighted by Crippen LogP contribution is 2.18. The van der Waals surface area contributed by atoms with Gasteiger partial charge in [-0.25, -0.2) is 4.98 Å². The fraction of sp³-hybridized carbons (Fsp3) is 0.450. The molecular weight excluding hydrogens is 360 g/mol. The molecule has 150 valence electrons. The van der Waals surface area contributed by atoms with Gasteiger partial charge in [0.2, 0.25) is 0 Å². The summed E-state index contributed by atoms with van der Waals surface area (Å²) in [6.07, 6.45) is 2.39. The molecule has 1 N–H and O–H groups in total. The first-order chi connectivity index (χ1) is 13.5. The van der Waals surface area contributed by atoms with E-state index in [1.807, 2.05) is 26.0 Å². The molecule has 0 radical (unpaired) electrons. The van der Waals surface area contributed by atoms with Crippen molar-refractivity contribution in [3.8, 4) is 0 Å². The van der Waals surface area contributed by atoms with Crippen molar-refractivity contribution >= 4 is 22.6 Å².